The quantitative estimate of drug-likeness (QED) is 0.592. The maximum Gasteiger partial charge on any atom is -0.0354 e. The minimum atomic E-state index is 0.484. The van der Waals surface area contributed by atoms with Gasteiger partial charge in [-0.3, -0.25) is 0 Å². The smallest absolute Gasteiger partial charge is 0.0354 e. The highest BCUT2D eigenvalue weighted by atomic mass is 14.4. The minimum absolute atomic E-state index is 0.484. The Hall–Kier alpha value is 0. The summed E-state index contributed by atoms with van der Waals surface area (Å²) in [5.74, 6) is 3.79. The molecule has 0 N–H and O–H groups in total. The zero-order valence-corrected chi connectivity index (χ0v) is 11.6. The van der Waals surface area contributed by atoms with Crippen LogP contribution in [0.3, 0.4) is 0 Å². The van der Waals surface area contributed by atoms with Crippen molar-refractivity contribution in [1.29, 1.82) is 0 Å². The van der Waals surface area contributed by atoms with Crippen molar-refractivity contribution in [1.82, 2.24) is 0 Å². The Bertz CT molecular complexity index is 187. The number of rotatable bonds is 2. The fourth-order valence-electron chi connectivity index (χ4n) is 3.29. The van der Waals surface area contributed by atoms with Gasteiger partial charge in [0.25, 0.3) is 0 Å². The second-order valence-electron chi connectivity index (χ2n) is 6.88. The van der Waals surface area contributed by atoms with Crippen molar-refractivity contribution in [2.24, 2.45) is 29.1 Å². The normalized spacial score (nSPS) is 35.2. The van der Waals surface area contributed by atoms with E-state index in [1.165, 1.54) is 25.7 Å². The molecule has 0 aromatic rings. The Kier molecular flexibility index (Phi) is 4.26. The maximum atomic E-state index is 2.48. The van der Waals surface area contributed by atoms with Crippen LogP contribution >= 0.6 is 0 Å². The van der Waals surface area contributed by atoms with E-state index >= 15 is 0 Å². The van der Waals surface area contributed by atoms with Crippen LogP contribution in [0.2, 0.25) is 0 Å². The van der Waals surface area contributed by atoms with Crippen molar-refractivity contribution in [3.63, 3.8) is 0 Å². The summed E-state index contributed by atoms with van der Waals surface area (Å²) in [4.78, 5) is 0. The van der Waals surface area contributed by atoms with Crippen molar-refractivity contribution in [2.75, 3.05) is 0 Å². The van der Waals surface area contributed by atoms with Crippen LogP contribution in [0.15, 0.2) is 0 Å². The summed E-state index contributed by atoms with van der Waals surface area (Å²) in [7, 11) is 0. The van der Waals surface area contributed by atoms with Crippen LogP contribution in [0.25, 0.3) is 0 Å². The molecular formula is C15H30. The van der Waals surface area contributed by atoms with Crippen molar-refractivity contribution < 1.29 is 0 Å². The third-order valence-corrected chi connectivity index (χ3v) is 4.93. The summed E-state index contributed by atoms with van der Waals surface area (Å²) >= 11 is 0. The lowest BCUT2D eigenvalue weighted by Crippen LogP contribution is -2.33. The summed E-state index contributed by atoms with van der Waals surface area (Å²) in [6, 6.07) is 0. The SMILES string of the molecule is CCC1CCC(C(C)C(C)(C)C)C(C)C1. The van der Waals surface area contributed by atoms with Crippen LogP contribution in [0.4, 0.5) is 0 Å². The summed E-state index contributed by atoms with van der Waals surface area (Å²) in [5.41, 5.74) is 0.484. The Labute approximate surface area is 96.8 Å². The molecule has 0 aromatic heterocycles. The molecule has 4 atom stereocenters. The monoisotopic (exact) mass is 210 g/mol. The van der Waals surface area contributed by atoms with E-state index in [9.17, 15) is 0 Å². The molecule has 15 heavy (non-hydrogen) atoms. The van der Waals surface area contributed by atoms with Crippen molar-refractivity contribution >= 4 is 0 Å². The highest BCUT2D eigenvalue weighted by Crippen LogP contribution is 2.44. The van der Waals surface area contributed by atoms with E-state index in [2.05, 4.69) is 41.5 Å². The van der Waals surface area contributed by atoms with E-state index in [0.29, 0.717) is 5.41 Å². The summed E-state index contributed by atoms with van der Waals surface area (Å²) in [5, 5.41) is 0. The largest absolute Gasteiger partial charge is 0.0651 e. The molecule has 90 valence electrons. The van der Waals surface area contributed by atoms with Crippen LogP contribution in [-0.4, -0.2) is 0 Å². The molecule has 0 saturated heterocycles. The molecule has 1 saturated carbocycles. The average Bonchev–Trinajstić information content (AvgIpc) is 2.15. The van der Waals surface area contributed by atoms with E-state index in [0.717, 1.165) is 23.7 Å². The van der Waals surface area contributed by atoms with Crippen molar-refractivity contribution in [3.05, 3.63) is 0 Å². The molecule has 1 aliphatic rings. The lowest BCUT2D eigenvalue weighted by Gasteiger charge is -2.42. The molecule has 0 nitrogen and oxygen atoms in total. The highest BCUT2D eigenvalue weighted by molar-refractivity contribution is 4.85. The molecule has 0 heteroatoms. The predicted octanol–water partition coefficient (Wildman–Crippen LogP) is 5.13. The molecule has 1 rings (SSSR count). The second-order valence-corrected chi connectivity index (χ2v) is 6.88. The van der Waals surface area contributed by atoms with E-state index in [4.69, 9.17) is 0 Å². The van der Waals surface area contributed by atoms with Gasteiger partial charge in [-0.2, -0.15) is 0 Å². The topological polar surface area (TPSA) is 0 Å². The van der Waals surface area contributed by atoms with Crippen molar-refractivity contribution in [3.8, 4) is 0 Å². The van der Waals surface area contributed by atoms with Crippen LogP contribution < -0.4 is 0 Å². The van der Waals surface area contributed by atoms with E-state index in [-0.39, 0.29) is 0 Å². The molecule has 0 spiro atoms. The third kappa shape index (κ3) is 3.23. The molecular weight excluding hydrogens is 180 g/mol. The van der Waals surface area contributed by atoms with Gasteiger partial charge >= 0.3 is 0 Å². The van der Waals surface area contributed by atoms with Gasteiger partial charge in [0.1, 0.15) is 0 Å². The molecule has 0 bridgehead atoms. The standard InChI is InChI=1S/C15H30/c1-7-13-8-9-14(11(2)10-13)12(3)15(4,5)6/h11-14H,7-10H2,1-6H3. The first kappa shape index (κ1) is 13.1. The van der Waals surface area contributed by atoms with Crippen LogP contribution in [0.1, 0.15) is 67.2 Å². The van der Waals surface area contributed by atoms with Gasteiger partial charge in [0, 0.05) is 0 Å². The summed E-state index contributed by atoms with van der Waals surface area (Å²) in [6.45, 7) is 14.5. The van der Waals surface area contributed by atoms with Gasteiger partial charge in [0.15, 0.2) is 0 Å². The van der Waals surface area contributed by atoms with E-state index < -0.39 is 0 Å². The Morgan fingerprint density at radius 3 is 2.20 bits per heavy atom. The second kappa shape index (κ2) is 4.89. The molecule has 1 fully saturated rings. The van der Waals surface area contributed by atoms with Crippen LogP contribution in [-0.2, 0) is 0 Å². The van der Waals surface area contributed by atoms with Gasteiger partial charge in [-0.15, -0.1) is 0 Å². The Balaban J connectivity index is 2.58. The predicted molar refractivity (Wildman–Crippen MR) is 68.9 cm³/mol. The Morgan fingerprint density at radius 1 is 1.20 bits per heavy atom. The Morgan fingerprint density at radius 2 is 1.80 bits per heavy atom. The highest BCUT2D eigenvalue weighted by Gasteiger charge is 2.35. The van der Waals surface area contributed by atoms with Gasteiger partial charge < -0.3 is 0 Å². The van der Waals surface area contributed by atoms with Gasteiger partial charge in [0.05, 0.1) is 0 Å². The molecule has 0 radical (unpaired) electrons. The van der Waals surface area contributed by atoms with Crippen LogP contribution in [0, 0.1) is 29.1 Å². The van der Waals surface area contributed by atoms with Gasteiger partial charge in [-0.05, 0) is 41.9 Å². The van der Waals surface area contributed by atoms with E-state index in [1.54, 1.807) is 0 Å². The summed E-state index contributed by atoms with van der Waals surface area (Å²) in [6.07, 6.45) is 5.81. The van der Waals surface area contributed by atoms with E-state index in [1.807, 2.05) is 0 Å². The molecule has 0 aromatic carbocycles. The first-order valence-electron chi connectivity index (χ1n) is 6.86. The first-order chi connectivity index (χ1) is 6.86. The first-order valence-corrected chi connectivity index (χ1v) is 6.86. The minimum Gasteiger partial charge on any atom is -0.0651 e. The maximum absolute atomic E-state index is 2.48. The lowest BCUT2D eigenvalue weighted by atomic mass is 9.63. The molecule has 1 aliphatic carbocycles. The summed E-state index contributed by atoms with van der Waals surface area (Å²) < 4.78 is 0. The molecule has 0 aliphatic heterocycles. The zero-order valence-electron chi connectivity index (χ0n) is 11.6. The molecule has 4 unspecified atom stereocenters. The van der Waals surface area contributed by atoms with Crippen LogP contribution in [0.5, 0.6) is 0 Å². The third-order valence-electron chi connectivity index (χ3n) is 4.93. The fourth-order valence-corrected chi connectivity index (χ4v) is 3.29. The van der Waals surface area contributed by atoms with Crippen molar-refractivity contribution in [2.45, 2.75) is 67.2 Å². The number of hydrogen-bond acceptors (Lipinski definition) is 0. The van der Waals surface area contributed by atoms with Gasteiger partial charge in [0.2, 0.25) is 0 Å². The van der Waals surface area contributed by atoms with Gasteiger partial charge in [-0.25, -0.2) is 0 Å². The molecule has 0 heterocycles. The van der Waals surface area contributed by atoms with Gasteiger partial charge in [-0.1, -0.05) is 54.4 Å². The molecule has 0 amide bonds. The lowest BCUT2D eigenvalue weighted by molar-refractivity contribution is 0.0759. The average molecular weight is 210 g/mol. The fraction of sp³-hybridized carbons (Fsp3) is 1.00. The number of hydrogen-bond donors (Lipinski definition) is 0. The zero-order chi connectivity index (χ0) is 11.6.